The highest BCUT2D eigenvalue weighted by atomic mass is 19.1. The Kier molecular flexibility index (Phi) is 4.90. The monoisotopic (exact) mass is 446 g/mol. The minimum atomic E-state index is -0.821. The van der Waals surface area contributed by atoms with Gasteiger partial charge in [0.25, 0.3) is 0 Å². The fourth-order valence-electron chi connectivity index (χ4n) is 6.68. The molecule has 5 aliphatic rings. The lowest BCUT2D eigenvalue weighted by atomic mass is 9.95. The van der Waals surface area contributed by atoms with Crippen LogP contribution in [0.25, 0.3) is 0 Å². The van der Waals surface area contributed by atoms with E-state index < -0.39 is 12.3 Å². The van der Waals surface area contributed by atoms with Gasteiger partial charge in [-0.3, -0.25) is 9.80 Å². The molecule has 9 nitrogen and oxygen atoms in total. The van der Waals surface area contributed by atoms with Gasteiger partial charge >= 0.3 is 12.1 Å². The number of amides is 1. The lowest BCUT2D eigenvalue weighted by Crippen LogP contribution is -2.56. The van der Waals surface area contributed by atoms with Crippen molar-refractivity contribution in [3.05, 3.63) is 11.3 Å². The fraction of sp³-hybridized carbons (Fsp3) is 0.773. The van der Waals surface area contributed by atoms with Crippen molar-refractivity contribution in [3.8, 4) is 6.01 Å². The van der Waals surface area contributed by atoms with Crippen LogP contribution in [0, 0.1) is 0 Å². The lowest BCUT2D eigenvalue weighted by Gasteiger charge is -2.41. The Hall–Kier alpha value is -2.20. The number of hydrogen-bond acceptors (Lipinski definition) is 7. The van der Waals surface area contributed by atoms with Crippen LogP contribution in [0.3, 0.4) is 0 Å². The Morgan fingerprint density at radius 3 is 2.84 bits per heavy atom. The van der Waals surface area contributed by atoms with Crippen molar-refractivity contribution in [2.24, 2.45) is 0 Å². The molecular formula is C22H31FN6O3. The van der Waals surface area contributed by atoms with Crippen LogP contribution in [0.5, 0.6) is 6.01 Å². The highest BCUT2D eigenvalue weighted by Gasteiger charge is 2.49. The zero-order valence-electron chi connectivity index (χ0n) is 18.3. The number of anilines is 1. The quantitative estimate of drug-likeness (QED) is 0.717. The van der Waals surface area contributed by atoms with Gasteiger partial charge in [-0.2, -0.15) is 9.97 Å². The van der Waals surface area contributed by atoms with Crippen LogP contribution < -0.4 is 15.0 Å². The van der Waals surface area contributed by atoms with Crippen LogP contribution >= 0.6 is 0 Å². The summed E-state index contributed by atoms with van der Waals surface area (Å²) in [5.74, 6) is 0.893. The van der Waals surface area contributed by atoms with Crippen LogP contribution in [0.1, 0.15) is 43.4 Å². The first kappa shape index (κ1) is 20.4. The molecule has 10 heteroatoms. The van der Waals surface area contributed by atoms with Crippen LogP contribution in [-0.2, 0) is 13.0 Å². The molecule has 0 saturated carbocycles. The Labute approximate surface area is 186 Å². The standard InChI is InChI=1S/C22H31FN6O3/c23-14-8-22(5-1-7-28(22)10-14)13-32-20-25-18-9-24-6-4-17(18)19(26-20)27-11-15-2-3-16(12-27)29(15)21(30)31/h14-16,24H,1-13H2,(H,30,31)/t14-,15-,16+,22+/m1/s1. The Bertz CT molecular complexity index is 904. The molecule has 4 saturated heterocycles. The molecule has 1 amide bonds. The molecule has 0 unspecified atom stereocenters. The first-order valence-electron chi connectivity index (χ1n) is 11.9. The van der Waals surface area contributed by atoms with Gasteiger partial charge in [0.2, 0.25) is 0 Å². The normalized spacial score (nSPS) is 34.0. The minimum Gasteiger partial charge on any atom is -0.465 e. The predicted molar refractivity (Wildman–Crippen MR) is 115 cm³/mol. The van der Waals surface area contributed by atoms with Gasteiger partial charge in [-0.05, 0) is 45.2 Å². The third-order valence-electron chi connectivity index (χ3n) is 8.13. The molecule has 1 aromatic heterocycles. The number of alkyl halides is 1. The SMILES string of the molecule is O=C(O)N1[C@@H]2CC[C@H]1CN(c1nc(OC[C@@]34CCCN3C[C@H](F)C4)nc3c1CCNC3)C2. The molecule has 2 bridgehead atoms. The molecule has 5 aliphatic heterocycles. The second-order valence-electron chi connectivity index (χ2n) is 10.0. The van der Waals surface area contributed by atoms with Gasteiger partial charge in [0.1, 0.15) is 18.6 Å². The van der Waals surface area contributed by atoms with E-state index >= 15 is 0 Å². The van der Waals surface area contributed by atoms with Crippen molar-refractivity contribution in [3.63, 3.8) is 0 Å². The first-order valence-corrected chi connectivity index (χ1v) is 11.9. The number of nitrogens with zero attached hydrogens (tertiary/aromatic N) is 5. The Morgan fingerprint density at radius 1 is 1.25 bits per heavy atom. The van der Waals surface area contributed by atoms with Crippen LogP contribution in [0.4, 0.5) is 15.0 Å². The maximum atomic E-state index is 14.1. The molecule has 0 radical (unpaired) electrons. The third-order valence-corrected chi connectivity index (χ3v) is 8.13. The summed E-state index contributed by atoms with van der Waals surface area (Å²) in [7, 11) is 0. The van der Waals surface area contributed by atoms with Gasteiger partial charge in [0, 0.05) is 38.2 Å². The summed E-state index contributed by atoms with van der Waals surface area (Å²) in [6.07, 6.45) is 3.58. The maximum absolute atomic E-state index is 14.1. The molecule has 32 heavy (non-hydrogen) atoms. The molecule has 0 aromatic carbocycles. The summed E-state index contributed by atoms with van der Waals surface area (Å²) in [5.41, 5.74) is 1.87. The van der Waals surface area contributed by atoms with Gasteiger partial charge < -0.3 is 20.1 Å². The zero-order valence-corrected chi connectivity index (χ0v) is 18.3. The maximum Gasteiger partial charge on any atom is 0.407 e. The second kappa shape index (κ2) is 7.69. The molecule has 6 heterocycles. The third kappa shape index (κ3) is 3.30. The van der Waals surface area contributed by atoms with E-state index in [-0.39, 0.29) is 17.6 Å². The van der Waals surface area contributed by atoms with E-state index in [4.69, 9.17) is 14.7 Å². The summed E-state index contributed by atoms with van der Waals surface area (Å²) in [5, 5.41) is 13.0. The van der Waals surface area contributed by atoms with Gasteiger partial charge in [-0.25, -0.2) is 9.18 Å². The fourth-order valence-corrected chi connectivity index (χ4v) is 6.68. The van der Waals surface area contributed by atoms with Gasteiger partial charge in [-0.15, -0.1) is 0 Å². The van der Waals surface area contributed by atoms with Crippen molar-refractivity contribution in [2.45, 2.75) is 68.9 Å². The average Bonchev–Trinajstić information content (AvgIpc) is 3.39. The van der Waals surface area contributed by atoms with Gasteiger partial charge in [-0.1, -0.05) is 0 Å². The summed E-state index contributed by atoms with van der Waals surface area (Å²) in [6.45, 7) is 4.70. The highest BCUT2D eigenvalue weighted by Crippen LogP contribution is 2.41. The van der Waals surface area contributed by atoms with E-state index in [1.165, 1.54) is 0 Å². The first-order chi connectivity index (χ1) is 15.5. The van der Waals surface area contributed by atoms with E-state index in [0.717, 1.165) is 62.3 Å². The Morgan fingerprint density at radius 2 is 2.06 bits per heavy atom. The number of halogens is 1. The molecule has 2 N–H and O–H groups in total. The van der Waals surface area contributed by atoms with Gasteiger partial charge in [0.15, 0.2) is 0 Å². The molecule has 1 aromatic rings. The van der Waals surface area contributed by atoms with Crippen LogP contribution in [0.2, 0.25) is 0 Å². The van der Waals surface area contributed by atoms with Crippen molar-refractivity contribution in [1.82, 2.24) is 25.1 Å². The summed E-state index contributed by atoms with van der Waals surface area (Å²) in [4.78, 5) is 27.4. The molecule has 0 aliphatic carbocycles. The van der Waals surface area contributed by atoms with Crippen molar-refractivity contribution in [2.75, 3.05) is 44.2 Å². The number of fused-ring (bicyclic) bond motifs is 4. The van der Waals surface area contributed by atoms with E-state index in [1.54, 1.807) is 4.90 Å². The minimum absolute atomic E-state index is 0.00821. The van der Waals surface area contributed by atoms with Crippen molar-refractivity contribution in [1.29, 1.82) is 0 Å². The van der Waals surface area contributed by atoms with Crippen molar-refractivity contribution >= 4 is 11.9 Å². The zero-order chi connectivity index (χ0) is 21.9. The topological polar surface area (TPSA) is 94.1 Å². The van der Waals surface area contributed by atoms with E-state index in [0.29, 0.717) is 45.2 Å². The van der Waals surface area contributed by atoms with Crippen molar-refractivity contribution < 1.29 is 19.0 Å². The molecule has 6 rings (SSSR count). The predicted octanol–water partition coefficient (Wildman–Crippen LogP) is 1.41. The number of carboxylic acid groups (broad SMARTS) is 1. The summed E-state index contributed by atoms with van der Waals surface area (Å²) in [6, 6.07) is 0.377. The molecule has 0 spiro atoms. The molecular weight excluding hydrogens is 415 g/mol. The van der Waals surface area contributed by atoms with Crippen LogP contribution in [-0.4, -0.2) is 94.1 Å². The van der Waals surface area contributed by atoms with E-state index in [9.17, 15) is 14.3 Å². The second-order valence-corrected chi connectivity index (χ2v) is 10.0. The van der Waals surface area contributed by atoms with E-state index in [1.807, 2.05) is 0 Å². The summed E-state index contributed by atoms with van der Waals surface area (Å²) >= 11 is 0. The molecule has 174 valence electrons. The molecule has 4 atom stereocenters. The smallest absolute Gasteiger partial charge is 0.407 e. The number of nitrogens with one attached hydrogen (secondary N) is 1. The van der Waals surface area contributed by atoms with Crippen LogP contribution in [0.15, 0.2) is 0 Å². The van der Waals surface area contributed by atoms with E-state index in [2.05, 4.69) is 15.1 Å². The Balaban J connectivity index is 1.26. The largest absolute Gasteiger partial charge is 0.465 e. The summed E-state index contributed by atoms with van der Waals surface area (Å²) < 4.78 is 20.3. The highest BCUT2D eigenvalue weighted by molar-refractivity contribution is 5.67. The number of hydrogen-bond donors (Lipinski definition) is 2. The number of aromatic nitrogens is 2. The average molecular weight is 447 g/mol. The number of piperazine rings is 1. The number of rotatable bonds is 4. The number of ether oxygens (including phenoxy) is 1. The number of carbonyl (C=O) groups is 1. The molecule has 4 fully saturated rings. The van der Waals surface area contributed by atoms with Gasteiger partial charge in [0.05, 0.1) is 23.3 Å². The lowest BCUT2D eigenvalue weighted by molar-refractivity contribution is 0.106.